The molecule has 2 aromatic rings. The zero-order valence-corrected chi connectivity index (χ0v) is 14.4. The summed E-state index contributed by atoms with van der Waals surface area (Å²) in [4.78, 5) is 11.0. The fourth-order valence-corrected chi connectivity index (χ4v) is 4.56. The fourth-order valence-electron chi connectivity index (χ4n) is 1.62. The van der Waals surface area contributed by atoms with E-state index >= 15 is 0 Å². The van der Waals surface area contributed by atoms with E-state index in [1.165, 1.54) is 6.07 Å². The second-order valence-electron chi connectivity index (χ2n) is 4.04. The fraction of sp³-hybridized carbons (Fsp3) is 0. The number of aromatic carboxylic acids is 1. The van der Waals surface area contributed by atoms with Crippen LogP contribution in [0.25, 0.3) is 0 Å². The summed E-state index contributed by atoms with van der Waals surface area (Å²) in [7, 11) is -3.90. The van der Waals surface area contributed by atoms with Gasteiger partial charge in [0, 0.05) is 14.6 Å². The molecule has 21 heavy (non-hydrogen) atoms. The van der Waals surface area contributed by atoms with Crippen molar-refractivity contribution < 1.29 is 18.3 Å². The molecule has 2 aromatic carbocycles. The maximum atomic E-state index is 12.4. The van der Waals surface area contributed by atoms with Crippen molar-refractivity contribution in [2.24, 2.45) is 0 Å². The minimum Gasteiger partial charge on any atom is -0.478 e. The van der Waals surface area contributed by atoms with Crippen molar-refractivity contribution in [3.8, 4) is 0 Å². The number of carbonyl (C=O) groups is 1. The van der Waals surface area contributed by atoms with Gasteiger partial charge in [0.15, 0.2) is 0 Å². The van der Waals surface area contributed by atoms with Crippen LogP contribution < -0.4 is 4.72 Å². The topological polar surface area (TPSA) is 83.5 Å². The molecule has 0 bridgehead atoms. The van der Waals surface area contributed by atoms with E-state index in [4.69, 9.17) is 5.11 Å². The molecule has 0 unspecified atom stereocenters. The lowest BCUT2D eigenvalue weighted by molar-refractivity contribution is 0.0695. The molecule has 5 nitrogen and oxygen atoms in total. The number of nitrogens with one attached hydrogen (secondary N) is 1. The molecule has 0 spiro atoms. The van der Waals surface area contributed by atoms with Gasteiger partial charge in [-0.25, -0.2) is 13.2 Å². The molecule has 0 radical (unpaired) electrons. The summed E-state index contributed by atoms with van der Waals surface area (Å²) in [6, 6.07) is 10.8. The Kier molecular flexibility index (Phi) is 4.70. The summed E-state index contributed by atoms with van der Waals surface area (Å²) in [5.41, 5.74) is 0.260. The molecule has 0 atom stereocenters. The molecule has 0 heterocycles. The van der Waals surface area contributed by atoms with Gasteiger partial charge in [-0.05, 0) is 56.1 Å². The lowest BCUT2D eigenvalue weighted by atomic mass is 10.2. The molecule has 2 N–H and O–H groups in total. The first kappa shape index (κ1) is 16.0. The number of carboxylic acids is 1. The van der Waals surface area contributed by atoms with Crippen molar-refractivity contribution in [1.29, 1.82) is 0 Å². The number of carboxylic acid groups (broad SMARTS) is 1. The Morgan fingerprint density at radius 1 is 1.05 bits per heavy atom. The van der Waals surface area contributed by atoms with Gasteiger partial charge in [-0.3, -0.25) is 4.72 Å². The van der Waals surface area contributed by atoms with Gasteiger partial charge in [-0.1, -0.05) is 18.2 Å². The number of rotatable bonds is 4. The highest BCUT2D eigenvalue weighted by atomic mass is 79.9. The van der Waals surface area contributed by atoms with E-state index in [1.807, 2.05) is 0 Å². The normalized spacial score (nSPS) is 11.1. The Labute approximate surface area is 138 Å². The number of anilines is 1. The van der Waals surface area contributed by atoms with E-state index in [0.29, 0.717) is 10.2 Å². The second-order valence-corrected chi connectivity index (χ2v) is 7.40. The van der Waals surface area contributed by atoms with E-state index < -0.39 is 16.0 Å². The third-order valence-corrected chi connectivity index (χ3v) is 5.56. The van der Waals surface area contributed by atoms with E-state index in [9.17, 15) is 13.2 Å². The minimum absolute atomic E-state index is 0.133. The third kappa shape index (κ3) is 3.63. The molecule has 8 heteroatoms. The van der Waals surface area contributed by atoms with Gasteiger partial charge in [-0.15, -0.1) is 0 Å². The molecular formula is C13H9Br2NO4S. The van der Waals surface area contributed by atoms with Crippen LogP contribution in [0.3, 0.4) is 0 Å². The SMILES string of the molecule is O=C(O)c1cc(S(=O)(=O)Nc2ccccc2)c(Br)cc1Br. The Bertz CT molecular complexity index is 791. The van der Waals surface area contributed by atoms with Gasteiger partial charge in [0.2, 0.25) is 0 Å². The van der Waals surface area contributed by atoms with Gasteiger partial charge >= 0.3 is 5.97 Å². The Morgan fingerprint density at radius 3 is 2.24 bits per heavy atom. The minimum atomic E-state index is -3.90. The first-order valence-corrected chi connectivity index (χ1v) is 8.68. The van der Waals surface area contributed by atoms with Crippen LogP contribution in [0.5, 0.6) is 0 Å². The van der Waals surface area contributed by atoms with Gasteiger partial charge in [-0.2, -0.15) is 0 Å². The van der Waals surface area contributed by atoms with Crippen molar-refractivity contribution in [2.75, 3.05) is 4.72 Å². The van der Waals surface area contributed by atoms with E-state index in [0.717, 1.165) is 6.07 Å². The van der Waals surface area contributed by atoms with Gasteiger partial charge in [0.1, 0.15) is 4.90 Å². The maximum Gasteiger partial charge on any atom is 0.336 e. The van der Waals surface area contributed by atoms with Crippen LogP contribution in [0.2, 0.25) is 0 Å². The van der Waals surface area contributed by atoms with Crippen molar-refractivity contribution in [2.45, 2.75) is 4.90 Å². The van der Waals surface area contributed by atoms with Gasteiger partial charge in [0.05, 0.1) is 5.56 Å². The quantitative estimate of drug-likeness (QED) is 0.768. The largest absolute Gasteiger partial charge is 0.478 e. The molecule has 2 rings (SSSR count). The highest BCUT2D eigenvalue weighted by molar-refractivity contribution is 9.11. The van der Waals surface area contributed by atoms with Crippen LogP contribution in [-0.4, -0.2) is 19.5 Å². The Morgan fingerprint density at radius 2 is 1.67 bits per heavy atom. The highest BCUT2D eigenvalue weighted by Crippen LogP contribution is 2.30. The van der Waals surface area contributed by atoms with Crippen molar-refractivity contribution in [3.05, 3.63) is 57.0 Å². The predicted octanol–water partition coefficient (Wildman–Crippen LogP) is 3.71. The van der Waals surface area contributed by atoms with E-state index in [1.54, 1.807) is 30.3 Å². The van der Waals surface area contributed by atoms with Gasteiger partial charge < -0.3 is 5.11 Å². The summed E-state index contributed by atoms with van der Waals surface area (Å²) in [6.07, 6.45) is 0. The number of hydrogen-bond acceptors (Lipinski definition) is 3. The number of benzene rings is 2. The number of halogens is 2. The standard InChI is InChI=1S/C13H9Br2NO4S/c14-10-7-11(15)12(6-9(10)13(17)18)21(19,20)16-8-4-2-1-3-5-8/h1-7,16H,(H,17,18). The molecule has 110 valence electrons. The number of sulfonamides is 1. The molecule has 0 saturated carbocycles. The zero-order valence-electron chi connectivity index (χ0n) is 10.4. The van der Waals surface area contributed by atoms with Crippen LogP contribution in [0, 0.1) is 0 Å². The van der Waals surface area contributed by atoms with Crippen LogP contribution in [-0.2, 0) is 10.0 Å². The van der Waals surface area contributed by atoms with Crippen LogP contribution in [0.1, 0.15) is 10.4 Å². The Hall–Kier alpha value is -1.38. The average Bonchev–Trinajstić information content (AvgIpc) is 2.38. The lowest BCUT2D eigenvalue weighted by Gasteiger charge is -2.11. The van der Waals surface area contributed by atoms with Gasteiger partial charge in [0.25, 0.3) is 10.0 Å². The van der Waals surface area contributed by atoms with Crippen LogP contribution in [0.15, 0.2) is 56.3 Å². The summed E-state index contributed by atoms with van der Waals surface area (Å²) in [6.45, 7) is 0. The molecule has 0 aliphatic rings. The van der Waals surface area contributed by atoms with Crippen molar-refractivity contribution >= 4 is 53.5 Å². The smallest absolute Gasteiger partial charge is 0.336 e. The van der Waals surface area contributed by atoms with Crippen molar-refractivity contribution in [3.63, 3.8) is 0 Å². The second kappa shape index (κ2) is 6.17. The molecular weight excluding hydrogens is 426 g/mol. The summed E-state index contributed by atoms with van der Waals surface area (Å²) in [5.74, 6) is -1.22. The number of hydrogen-bond donors (Lipinski definition) is 2. The third-order valence-electron chi connectivity index (χ3n) is 2.57. The first-order valence-electron chi connectivity index (χ1n) is 5.61. The summed E-state index contributed by atoms with van der Waals surface area (Å²) in [5, 5.41) is 9.08. The molecule has 0 aliphatic heterocycles. The van der Waals surface area contributed by atoms with E-state index in [2.05, 4.69) is 36.6 Å². The molecule has 0 amide bonds. The molecule has 0 saturated heterocycles. The number of para-hydroxylation sites is 1. The van der Waals surface area contributed by atoms with E-state index in [-0.39, 0.29) is 14.9 Å². The Balaban J connectivity index is 2.50. The van der Waals surface area contributed by atoms with Crippen molar-refractivity contribution in [1.82, 2.24) is 0 Å². The van der Waals surface area contributed by atoms with Crippen LogP contribution >= 0.6 is 31.9 Å². The first-order chi connectivity index (χ1) is 9.81. The molecule has 0 aliphatic carbocycles. The average molecular weight is 435 g/mol. The lowest BCUT2D eigenvalue weighted by Crippen LogP contribution is -2.14. The predicted molar refractivity (Wildman–Crippen MR) is 86.1 cm³/mol. The zero-order chi connectivity index (χ0) is 15.6. The summed E-state index contributed by atoms with van der Waals surface area (Å²) >= 11 is 6.23. The molecule has 0 aromatic heterocycles. The summed E-state index contributed by atoms with van der Waals surface area (Å²) < 4.78 is 27.7. The molecule has 0 fully saturated rings. The monoisotopic (exact) mass is 433 g/mol. The highest BCUT2D eigenvalue weighted by Gasteiger charge is 2.22. The maximum absolute atomic E-state index is 12.4. The van der Waals surface area contributed by atoms with Crippen LogP contribution in [0.4, 0.5) is 5.69 Å².